The second-order valence-corrected chi connectivity index (χ2v) is 16.1. The number of nitrogens with zero attached hydrogens (tertiary/aromatic N) is 1. The first-order valence-corrected chi connectivity index (χ1v) is 20.0. The molecule has 0 bridgehead atoms. The molecule has 0 fully saturated rings. The Bertz CT molecular complexity index is 3280. The highest BCUT2D eigenvalue weighted by Gasteiger charge is 2.36. The average Bonchev–Trinajstić information content (AvgIpc) is 3.77. The van der Waals surface area contributed by atoms with Crippen molar-refractivity contribution < 1.29 is 9.15 Å². The standard InChI is InChI=1S/C55H37NO2/c1-55(2)46-19-8-6-14-39(46)40-29-27-38(33-47(40)55)56(49-20-11-17-44-41-15-7-9-21-50(41)58-54(44)49)48-30-31-51-53-43(16-10-18-45(48)53)42-28-26-37(32-52(42)57-51)36-24-22-35(23-25-36)34-12-4-3-5-13-34/h3-33H,1-2H3. The predicted octanol–water partition coefficient (Wildman–Crippen LogP) is 15.6. The van der Waals surface area contributed by atoms with Crippen LogP contribution in [-0.4, -0.2) is 0 Å². The molecule has 2 aliphatic rings. The third-order valence-corrected chi connectivity index (χ3v) is 12.5. The Morgan fingerprint density at radius 2 is 1.07 bits per heavy atom. The summed E-state index contributed by atoms with van der Waals surface area (Å²) in [5.74, 6) is 1.72. The van der Waals surface area contributed by atoms with E-state index in [1.807, 2.05) is 6.07 Å². The molecule has 0 unspecified atom stereocenters. The highest BCUT2D eigenvalue weighted by Crippen LogP contribution is 2.54. The van der Waals surface area contributed by atoms with Gasteiger partial charge in [-0.15, -0.1) is 0 Å². The lowest BCUT2D eigenvalue weighted by Gasteiger charge is -2.30. The number of fused-ring (bicyclic) bond motifs is 8. The quantitative estimate of drug-likeness (QED) is 0.176. The molecule has 10 aromatic rings. The van der Waals surface area contributed by atoms with E-state index in [2.05, 4.69) is 201 Å². The molecule has 1 aliphatic carbocycles. The van der Waals surface area contributed by atoms with Gasteiger partial charge >= 0.3 is 0 Å². The van der Waals surface area contributed by atoms with E-state index in [0.717, 1.165) is 83.5 Å². The Labute approximate surface area is 337 Å². The third-order valence-electron chi connectivity index (χ3n) is 12.5. The number of benzene rings is 9. The van der Waals surface area contributed by atoms with Gasteiger partial charge in [-0.25, -0.2) is 0 Å². The first-order valence-electron chi connectivity index (χ1n) is 20.0. The Morgan fingerprint density at radius 1 is 0.414 bits per heavy atom. The van der Waals surface area contributed by atoms with Crippen molar-refractivity contribution in [1.82, 2.24) is 0 Å². The van der Waals surface area contributed by atoms with Crippen LogP contribution in [0.5, 0.6) is 11.5 Å². The summed E-state index contributed by atoms with van der Waals surface area (Å²) in [4.78, 5) is 2.39. The summed E-state index contributed by atoms with van der Waals surface area (Å²) in [7, 11) is 0. The number of rotatable bonds is 5. The largest absolute Gasteiger partial charge is 0.456 e. The number of anilines is 3. The van der Waals surface area contributed by atoms with Crippen molar-refractivity contribution in [2.24, 2.45) is 0 Å². The summed E-state index contributed by atoms with van der Waals surface area (Å²) in [6.07, 6.45) is 0. The van der Waals surface area contributed by atoms with Crippen molar-refractivity contribution in [2.45, 2.75) is 19.3 Å². The lowest BCUT2D eigenvalue weighted by atomic mass is 9.82. The van der Waals surface area contributed by atoms with Crippen molar-refractivity contribution in [2.75, 3.05) is 4.90 Å². The molecule has 0 saturated heterocycles. The fourth-order valence-electron chi connectivity index (χ4n) is 9.62. The summed E-state index contributed by atoms with van der Waals surface area (Å²) in [5.41, 5.74) is 16.9. The molecule has 0 radical (unpaired) electrons. The van der Waals surface area contributed by atoms with Gasteiger partial charge in [0.05, 0.1) is 11.4 Å². The maximum absolute atomic E-state index is 6.85. The molecular formula is C55H37NO2. The van der Waals surface area contributed by atoms with E-state index in [1.54, 1.807) is 0 Å². The van der Waals surface area contributed by atoms with Crippen molar-refractivity contribution in [1.29, 1.82) is 0 Å². The van der Waals surface area contributed by atoms with Crippen LogP contribution in [0.2, 0.25) is 0 Å². The molecule has 1 aliphatic heterocycles. The van der Waals surface area contributed by atoms with Gasteiger partial charge in [-0.2, -0.15) is 0 Å². The zero-order chi connectivity index (χ0) is 38.5. The Kier molecular flexibility index (Phi) is 6.98. The minimum atomic E-state index is -0.154. The smallest absolute Gasteiger partial charge is 0.159 e. The summed E-state index contributed by atoms with van der Waals surface area (Å²) >= 11 is 0. The minimum Gasteiger partial charge on any atom is -0.456 e. The van der Waals surface area contributed by atoms with Crippen LogP contribution >= 0.6 is 0 Å². The SMILES string of the molecule is CC1(C)c2ccccc2-c2ccc(N(c3ccc4c5c(cccc35)-c3ccc(-c5ccc(-c6ccccc6)cc5)cc3O4)c3cccc4c3oc3ccccc34)cc21. The molecule has 0 saturated carbocycles. The van der Waals surface area contributed by atoms with E-state index in [0.29, 0.717) is 0 Å². The van der Waals surface area contributed by atoms with E-state index < -0.39 is 0 Å². The molecule has 0 amide bonds. The molecular weight excluding hydrogens is 707 g/mol. The van der Waals surface area contributed by atoms with Gasteiger partial charge in [0.25, 0.3) is 0 Å². The van der Waals surface area contributed by atoms with E-state index in [9.17, 15) is 0 Å². The second-order valence-electron chi connectivity index (χ2n) is 16.1. The molecule has 1 aromatic heterocycles. The zero-order valence-corrected chi connectivity index (χ0v) is 32.2. The fourth-order valence-corrected chi connectivity index (χ4v) is 9.62. The van der Waals surface area contributed by atoms with Gasteiger partial charge < -0.3 is 14.1 Å². The van der Waals surface area contributed by atoms with Crippen LogP contribution in [0.15, 0.2) is 192 Å². The Morgan fingerprint density at radius 3 is 1.95 bits per heavy atom. The van der Waals surface area contributed by atoms with Crippen LogP contribution in [-0.2, 0) is 5.41 Å². The Balaban J connectivity index is 1.03. The molecule has 0 N–H and O–H groups in total. The molecule has 274 valence electrons. The molecule has 58 heavy (non-hydrogen) atoms. The van der Waals surface area contributed by atoms with Crippen LogP contribution < -0.4 is 9.64 Å². The first kappa shape index (κ1) is 32.8. The second kappa shape index (κ2) is 12.3. The van der Waals surface area contributed by atoms with Crippen molar-refractivity contribution in [3.63, 3.8) is 0 Å². The molecule has 0 atom stereocenters. The maximum atomic E-state index is 6.85. The van der Waals surface area contributed by atoms with Crippen LogP contribution in [0.25, 0.3) is 77.2 Å². The Hall–Kier alpha value is -7.36. The van der Waals surface area contributed by atoms with E-state index >= 15 is 0 Å². The first-order chi connectivity index (χ1) is 28.5. The van der Waals surface area contributed by atoms with Crippen LogP contribution in [0.4, 0.5) is 17.1 Å². The minimum absolute atomic E-state index is 0.154. The number of hydrogen-bond acceptors (Lipinski definition) is 3. The van der Waals surface area contributed by atoms with Gasteiger partial charge in [-0.3, -0.25) is 0 Å². The summed E-state index contributed by atoms with van der Waals surface area (Å²) in [5, 5.41) is 4.41. The van der Waals surface area contributed by atoms with Crippen molar-refractivity contribution >= 4 is 49.8 Å². The lowest BCUT2D eigenvalue weighted by molar-refractivity contribution is 0.487. The molecule has 3 nitrogen and oxygen atoms in total. The molecule has 3 heteroatoms. The van der Waals surface area contributed by atoms with Gasteiger partial charge in [0, 0.05) is 38.2 Å². The molecule has 2 heterocycles. The molecule has 12 rings (SSSR count). The highest BCUT2D eigenvalue weighted by molar-refractivity contribution is 6.14. The van der Waals surface area contributed by atoms with Crippen LogP contribution in [0.3, 0.4) is 0 Å². The average molecular weight is 744 g/mol. The monoisotopic (exact) mass is 743 g/mol. The van der Waals surface area contributed by atoms with Crippen LogP contribution in [0, 0.1) is 0 Å². The van der Waals surface area contributed by atoms with E-state index in [4.69, 9.17) is 9.15 Å². The van der Waals surface area contributed by atoms with E-state index in [-0.39, 0.29) is 5.41 Å². The maximum Gasteiger partial charge on any atom is 0.159 e. The van der Waals surface area contributed by atoms with Crippen LogP contribution in [0.1, 0.15) is 25.0 Å². The third kappa shape index (κ3) is 4.80. The number of para-hydroxylation sites is 2. The normalized spacial score (nSPS) is 13.3. The topological polar surface area (TPSA) is 25.6 Å². The van der Waals surface area contributed by atoms with Gasteiger partial charge in [0.15, 0.2) is 5.58 Å². The van der Waals surface area contributed by atoms with Crippen molar-refractivity contribution in [3.05, 3.63) is 199 Å². The summed E-state index contributed by atoms with van der Waals surface area (Å²) in [6.45, 7) is 4.68. The molecule has 0 spiro atoms. The van der Waals surface area contributed by atoms with E-state index in [1.165, 1.54) is 33.4 Å². The van der Waals surface area contributed by atoms with Gasteiger partial charge in [-0.05, 0) is 98.6 Å². The number of furan rings is 1. The lowest BCUT2D eigenvalue weighted by Crippen LogP contribution is -2.17. The number of hydrogen-bond donors (Lipinski definition) is 0. The highest BCUT2D eigenvalue weighted by atomic mass is 16.5. The zero-order valence-electron chi connectivity index (χ0n) is 32.2. The predicted molar refractivity (Wildman–Crippen MR) is 240 cm³/mol. The summed E-state index contributed by atoms with van der Waals surface area (Å²) in [6, 6.07) is 67.5. The van der Waals surface area contributed by atoms with Gasteiger partial charge in [0.1, 0.15) is 17.1 Å². The fraction of sp³-hybridized carbons (Fsp3) is 0.0545. The molecule has 9 aromatic carbocycles. The van der Waals surface area contributed by atoms with Crippen molar-refractivity contribution in [3.8, 4) is 56.0 Å². The number of ether oxygens (including phenoxy) is 1. The van der Waals surface area contributed by atoms with Gasteiger partial charge in [-0.1, -0.05) is 153 Å². The summed E-state index contributed by atoms with van der Waals surface area (Å²) < 4.78 is 13.6. The van der Waals surface area contributed by atoms with Gasteiger partial charge in [0.2, 0.25) is 0 Å².